The van der Waals surface area contributed by atoms with E-state index in [2.05, 4.69) is 15.0 Å². The van der Waals surface area contributed by atoms with Gasteiger partial charge in [0.1, 0.15) is 10.7 Å². The molecule has 7 heteroatoms. The average molecular weight is 385 g/mol. The quantitative estimate of drug-likeness (QED) is 0.818. The summed E-state index contributed by atoms with van der Waals surface area (Å²) in [6, 6.07) is 12.5. The van der Waals surface area contributed by atoms with E-state index < -0.39 is 10.0 Å². The summed E-state index contributed by atoms with van der Waals surface area (Å²) in [5.41, 5.74) is 3.57. The van der Waals surface area contributed by atoms with Crippen molar-refractivity contribution in [1.29, 1.82) is 0 Å². The summed E-state index contributed by atoms with van der Waals surface area (Å²) in [5, 5.41) is 5.95. The zero-order valence-corrected chi connectivity index (χ0v) is 16.4. The minimum Gasteiger partial charge on any atom is -0.342 e. The molecule has 0 bridgehead atoms. The van der Waals surface area contributed by atoms with Gasteiger partial charge in [-0.25, -0.2) is 0 Å². The smallest absolute Gasteiger partial charge is 0.286 e. The largest absolute Gasteiger partial charge is 0.342 e. The molecule has 0 saturated carbocycles. The molecule has 142 valence electrons. The first kappa shape index (κ1) is 19.1. The SMILES string of the molecule is Cc1ccc(NC(=O)C[C@@H](C)CC2=NS(=O)(=O)c3ccccc3N2)cc1C. The van der Waals surface area contributed by atoms with Crippen molar-refractivity contribution in [3.8, 4) is 0 Å². The van der Waals surface area contributed by atoms with Crippen molar-refractivity contribution in [2.75, 3.05) is 10.6 Å². The zero-order chi connectivity index (χ0) is 19.6. The Hall–Kier alpha value is -2.67. The van der Waals surface area contributed by atoms with Gasteiger partial charge >= 0.3 is 0 Å². The van der Waals surface area contributed by atoms with Crippen LogP contribution in [0.2, 0.25) is 0 Å². The Kier molecular flexibility index (Phi) is 5.32. The van der Waals surface area contributed by atoms with Gasteiger partial charge in [-0.15, -0.1) is 4.40 Å². The Labute approximate surface area is 159 Å². The molecule has 0 aliphatic carbocycles. The number of benzene rings is 2. The standard InChI is InChI=1S/C20H23N3O3S/c1-13(11-20(24)21-16-9-8-14(2)15(3)12-16)10-19-22-17-6-4-5-7-18(17)27(25,26)23-19/h4-9,12-13H,10-11H2,1-3H3,(H,21,24)(H,22,23)/t13-/m0/s1. The van der Waals surface area contributed by atoms with E-state index in [9.17, 15) is 13.2 Å². The highest BCUT2D eigenvalue weighted by Gasteiger charge is 2.25. The molecular formula is C20H23N3O3S. The fourth-order valence-electron chi connectivity index (χ4n) is 3.01. The molecule has 2 aromatic carbocycles. The second-order valence-electron chi connectivity index (χ2n) is 6.99. The molecule has 0 spiro atoms. The predicted molar refractivity (Wildman–Crippen MR) is 108 cm³/mol. The molecule has 1 aliphatic rings. The molecule has 1 aliphatic heterocycles. The first-order valence-corrected chi connectivity index (χ1v) is 10.3. The molecule has 2 aromatic rings. The summed E-state index contributed by atoms with van der Waals surface area (Å²) in [7, 11) is -3.70. The molecular weight excluding hydrogens is 362 g/mol. The van der Waals surface area contributed by atoms with Crippen LogP contribution in [0.4, 0.5) is 11.4 Å². The summed E-state index contributed by atoms with van der Waals surface area (Å²) in [4.78, 5) is 12.5. The van der Waals surface area contributed by atoms with Crippen LogP contribution in [0.25, 0.3) is 0 Å². The van der Waals surface area contributed by atoms with Crippen LogP contribution in [-0.2, 0) is 14.8 Å². The highest BCUT2D eigenvalue weighted by molar-refractivity contribution is 7.90. The van der Waals surface area contributed by atoms with E-state index in [-0.39, 0.29) is 23.1 Å². The third kappa shape index (κ3) is 4.54. The van der Waals surface area contributed by atoms with E-state index in [1.54, 1.807) is 18.2 Å². The third-order valence-corrected chi connectivity index (χ3v) is 5.91. The van der Waals surface area contributed by atoms with Crippen LogP contribution < -0.4 is 10.6 Å². The van der Waals surface area contributed by atoms with E-state index >= 15 is 0 Å². The molecule has 6 nitrogen and oxygen atoms in total. The third-order valence-electron chi connectivity index (χ3n) is 4.54. The second kappa shape index (κ2) is 7.52. The Morgan fingerprint density at radius 2 is 1.89 bits per heavy atom. The van der Waals surface area contributed by atoms with Crippen molar-refractivity contribution in [1.82, 2.24) is 0 Å². The number of para-hydroxylation sites is 1. The predicted octanol–water partition coefficient (Wildman–Crippen LogP) is 3.87. The number of nitrogens with zero attached hydrogens (tertiary/aromatic N) is 1. The van der Waals surface area contributed by atoms with Gasteiger partial charge in [-0.2, -0.15) is 8.42 Å². The molecule has 0 saturated heterocycles. The number of anilines is 2. The number of hydrogen-bond donors (Lipinski definition) is 2. The number of rotatable bonds is 5. The van der Waals surface area contributed by atoms with E-state index in [1.807, 2.05) is 39.0 Å². The lowest BCUT2D eigenvalue weighted by molar-refractivity contribution is -0.116. The monoisotopic (exact) mass is 385 g/mol. The van der Waals surface area contributed by atoms with E-state index in [4.69, 9.17) is 0 Å². The van der Waals surface area contributed by atoms with E-state index in [1.165, 1.54) is 11.6 Å². The molecule has 27 heavy (non-hydrogen) atoms. The summed E-state index contributed by atoms with van der Waals surface area (Å²) in [6.07, 6.45) is 0.642. The van der Waals surface area contributed by atoms with Gasteiger partial charge in [0.05, 0.1) is 5.69 Å². The number of fused-ring (bicyclic) bond motifs is 1. The van der Waals surface area contributed by atoms with Crippen molar-refractivity contribution in [3.05, 3.63) is 53.6 Å². The summed E-state index contributed by atoms with van der Waals surface area (Å²) in [5.74, 6) is 0.189. The molecule has 0 radical (unpaired) electrons. The Morgan fingerprint density at radius 3 is 2.63 bits per heavy atom. The first-order chi connectivity index (χ1) is 12.7. The normalized spacial score (nSPS) is 15.9. The number of amidine groups is 1. The number of carbonyl (C=O) groups is 1. The topological polar surface area (TPSA) is 87.6 Å². The molecule has 0 fully saturated rings. The van der Waals surface area contributed by atoms with Gasteiger partial charge in [-0.1, -0.05) is 25.1 Å². The maximum Gasteiger partial charge on any atom is 0.286 e. The summed E-state index contributed by atoms with van der Waals surface area (Å²) < 4.78 is 28.4. The molecule has 1 amide bonds. The first-order valence-electron chi connectivity index (χ1n) is 8.81. The van der Waals surface area contributed by atoms with Crippen LogP contribution in [-0.4, -0.2) is 20.2 Å². The van der Waals surface area contributed by atoms with Gasteiger partial charge in [0, 0.05) is 18.5 Å². The fourth-order valence-corrected chi connectivity index (χ4v) is 4.16. The van der Waals surface area contributed by atoms with Crippen LogP contribution in [0.3, 0.4) is 0 Å². The number of sulfonamides is 1. The lowest BCUT2D eigenvalue weighted by atomic mass is 10.0. The lowest BCUT2D eigenvalue weighted by Gasteiger charge is -2.20. The number of amides is 1. The summed E-state index contributed by atoms with van der Waals surface area (Å²) >= 11 is 0. The van der Waals surface area contributed by atoms with Gasteiger partial charge in [-0.3, -0.25) is 4.79 Å². The van der Waals surface area contributed by atoms with Crippen LogP contribution in [0, 0.1) is 19.8 Å². The highest BCUT2D eigenvalue weighted by atomic mass is 32.2. The number of aryl methyl sites for hydroxylation is 2. The van der Waals surface area contributed by atoms with Crippen molar-refractivity contribution in [3.63, 3.8) is 0 Å². The fraction of sp³-hybridized carbons (Fsp3) is 0.300. The van der Waals surface area contributed by atoms with Gasteiger partial charge in [-0.05, 0) is 55.2 Å². The highest BCUT2D eigenvalue weighted by Crippen LogP contribution is 2.28. The van der Waals surface area contributed by atoms with Crippen LogP contribution >= 0.6 is 0 Å². The zero-order valence-electron chi connectivity index (χ0n) is 15.6. The van der Waals surface area contributed by atoms with Gasteiger partial charge < -0.3 is 10.6 Å². The maximum absolute atomic E-state index is 12.3. The second-order valence-corrected chi connectivity index (χ2v) is 8.57. The molecule has 2 N–H and O–H groups in total. The van der Waals surface area contributed by atoms with E-state index in [0.717, 1.165) is 11.3 Å². The van der Waals surface area contributed by atoms with Crippen LogP contribution in [0.5, 0.6) is 0 Å². The van der Waals surface area contributed by atoms with Crippen molar-refractivity contribution in [2.24, 2.45) is 10.3 Å². The molecule has 0 unspecified atom stereocenters. The molecule has 1 atom stereocenters. The minimum absolute atomic E-state index is 0.0664. The van der Waals surface area contributed by atoms with Crippen LogP contribution in [0.1, 0.15) is 30.9 Å². The van der Waals surface area contributed by atoms with Gasteiger partial charge in [0.15, 0.2) is 0 Å². The van der Waals surface area contributed by atoms with Gasteiger partial charge in [0.2, 0.25) is 5.91 Å². The molecule has 3 rings (SSSR count). The molecule has 0 aromatic heterocycles. The van der Waals surface area contributed by atoms with Crippen molar-refractivity contribution < 1.29 is 13.2 Å². The van der Waals surface area contributed by atoms with E-state index in [0.29, 0.717) is 17.9 Å². The van der Waals surface area contributed by atoms with Crippen LogP contribution in [0.15, 0.2) is 51.8 Å². The molecule has 1 heterocycles. The van der Waals surface area contributed by atoms with Gasteiger partial charge in [0.25, 0.3) is 10.0 Å². The average Bonchev–Trinajstić information content (AvgIpc) is 2.57. The minimum atomic E-state index is -3.70. The number of hydrogen-bond acceptors (Lipinski definition) is 4. The van der Waals surface area contributed by atoms with Crippen molar-refractivity contribution in [2.45, 2.75) is 38.5 Å². The number of nitrogens with one attached hydrogen (secondary N) is 2. The Bertz CT molecular complexity index is 1010. The van der Waals surface area contributed by atoms with Crippen molar-refractivity contribution >= 4 is 33.1 Å². The summed E-state index contributed by atoms with van der Waals surface area (Å²) in [6.45, 7) is 5.92. The maximum atomic E-state index is 12.3. The Balaban J connectivity index is 1.62. The Morgan fingerprint density at radius 1 is 1.15 bits per heavy atom. The lowest BCUT2D eigenvalue weighted by Crippen LogP contribution is -2.25. The number of carbonyl (C=O) groups excluding carboxylic acids is 1.